The van der Waals surface area contributed by atoms with E-state index in [1.54, 1.807) is 4.90 Å². The van der Waals surface area contributed by atoms with Crippen molar-refractivity contribution in [2.75, 3.05) is 46.9 Å². The summed E-state index contributed by atoms with van der Waals surface area (Å²) in [5.74, 6) is -0.0379. The van der Waals surface area contributed by atoms with Crippen molar-refractivity contribution in [2.24, 2.45) is 0 Å². The van der Waals surface area contributed by atoms with Gasteiger partial charge in [-0.25, -0.2) is 0 Å². The molecule has 0 heterocycles. The van der Waals surface area contributed by atoms with Crippen molar-refractivity contribution < 1.29 is 14.3 Å². The molecule has 1 amide bonds. The van der Waals surface area contributed by atoms with Gasteiger partial charge in [0, 0.05) is 13.1 Å². The van der Waals surface area contributed by atoms with Crippen LogP contribution in [0, 0.1) is 0 Å². The number of carbonyl (C=O) groups is 2. The van der Waals surface area contributed by atoms with Crippen LogP contribution >= 0.6 is 0 Å². The Hall–Kier alpha value is -2.24. The molecule has 0 atom stereocenters. The molecule has 5 heteroatoms. The molecule has 0 fully saturated rings. The third-order valence-electron chi connectivity index (χ3n) is 4.32. The molecule has 0 aliphatic rings. The Balaban J connectivity index is 1.75. The van der Waals surface area contributed by atoms with Crippen molar-refractivity contribution >= 4 is 23.0 Å². The SMILES string of the molecule is CN(C)CCN(CC=O)C(=O)CCOCCc1cccc2ccccc12. The minimum Gasteiger partial charge on any atom is -0.381 e. The molecule has 2 rings (SSSR count). The van der Waals surface area contributed by atoms with Crippen LogP contribution in [-0.4, -0.2) is 68.9 Å². The Morgan fingerprint density at radius 2 is 1.81 bits per heavy atom. The second-order valence-corrected chi connectivity index (χ2v) is 6.56. The predicted octanol–water partition coefficient (Wildman–Crippen LogP) is 2.38. The minimum absolute atomic E-state index is 0.0379. The van der Waals surface area contributed by atoms with Gasteiger partial charge < -0.3 is 19.3 Å². The Kier molecular flexibility index (Phi) is 8.25. The fraction of sp³-hybridized carbons (Fsp3) is 0.429. The van der Waals surface area contributed by atoms with E-state index in [1.165, 1.54) is 16.3 Å². The largest absolute Gasteiger partial charge is 0.381 e. The highest BCUT2D eigenvalue weighted by atomic mass is 16.5. The molecule has 0 aliphatic heterocycles. The van der Waals surface area contributed by atoms with E-state index in [1.807, 2.05) is 31.1 Å². The molecule has 2 aromatic carbocycles. The maximum Gasteiger partial charge on any atom is 0.225 e. The van der Waals surface area contributed by atoms with Crippen LogP contribution in [0.2, 0.25) is 0 Å². The maximum absolute atomic E-state index is 12.2. The molecule has 0 aromatic heterocycles. The molecule has 0 unspecified atom stereocenters. The maximum atomic E-state index is 12.2. The average molecular weight is 356 g/mol. The first-order valence-electron chi connectivity index (χ1n) is 9.02. The highest BCUT2D eigenvalue weighted by Crippen LogP contribution is 2.18. The monoisotopic (exact) mass is 356 g/mol. The fourth-order valence-corrected chi connectivity index (χ4v) is 2.84. The van der Waals surface area contributed by atoms with E-state index in [2.05, 4.69) is 30.3 Å². The smallest absolute Gasteiger partial charge is 0.225 e. The number of hydrogen-bond acceptors (Lipinski definition) is 4. The molecule has 0 aliphatic carbocycles. The second-order valence-electron chi connectivity index (χ2n) is 6.56. The van der Waals surface area contributed by atoms with Crippen LogP contribution in [0.4, 0.5) is 0 Å². The molecule has 0 saturated carbocycles. The predicted molar refractivity (Wildman–Crippen MR) is 104 cm³/mol. The van der Waals surface area contributed by atoms with Gasteiger partial charge in [-0.15, -0.1) is 0 Å². The Bertz CT molecular complexity index is 710. The van der Waals surface area contributed by atoms with Gasteiger partial charge in [-0.1, -0.05) is 42.5 Å². The number of benzene rings is 2. The lowest BCUT2D eigenvalue weighted by Gasteiger charge is -2.22. The van der Waals surface area contributed by atoms with Crippen LogP contribution in [0.5, 0.6) is 0 Å². The van der Waals surface area contributed by atoms with E-state index in [-0.39, 0.29) is 12.5 Å². The highest BCUT2D eigenvalue weighted by molar-refractivity contribution is 5.85. The molecule has 0 saturated heterocycles. The summed E-state index contributed by atoms with van der Waals surface area (Å²) in [5, 5.41) is 2.47. The van der Waals surface area contributed by atoms with Crippen molar-refractivity contribution in [1.82, 2.24) is 9.80 Å². The molecule has 0 radical (unpaired) electrons. The lowest BCUT2D eigenvalue weighted by molar-refractivity contribution is -0.134. The van der Waals surface area contributed by atoms with Crippen LogP contribution in [0.25, 0.3) is 10.8 Å². The highest BCUT2D eigenvalue weighted by Gasteiger charge is 2.12. The lowest BCUT2D eigenvalue weighted by Crippen LogP contribution is -2.38. The van der Waals surface area contributed by atoms with Gasteiger partial charge in [0.05, 0.1) is 26.2 Å². The summed E-state index contributed by atoms with van der Waals surface area (Å²) in [5.41, 5.74) is 1.25. The van der Waals surface area contributed by atoms with Gasteiger partial charge in [0.15, 0.2) is 0 Å². The number of fused-ring (bicyclic) bond motifs is 1. The molecule has 0 bridgehead atoms. The van der Waals surface area contributed by atoms with Gasteiger partial charge in [0.25, 0.3) is 0 Å². The first-order valence-corrected chi connectivity index (χ1v) is 9.02. The minimum atomic E-state index is -0.0379. The van der Waals surface area contributed by atoms with E-state index < -0.39 is 0 Å². The molecule has 26 heavy (non-hydrogen) atoms. The Labute approximate surface area is 155 Å². The Morgan fingerprint density at radius 3 is 2.58 bits per heavy atom. The summed E-state index contributed by atoms with van der Waals surface area (Å²) < 4.78 is 5.66. The number of rotatable bonds is 11. The van der Waals surface area contributed by atoms with Gasteiger partial charge in [-0.2, -0.15) is 0 Å². The van der Waals surface area contributed by atoms with E-state index in [4.69, 9.17) is 4.74 Å². The number of hydrogen-bond donors (Lipinski definition) is 0. The van der Waals surface area contributed by atoms with Crippen molar-refractivity contribution in [2.45, 2.75) is 12.8 Å². The summed E-state index contributed by atoms with van der Waals surface area (Å²) in [6, 6.07) is 14.6. The molecule has 140 valence electrons. The zero-order chi connectivity index (χ0) is 18.8. The van der Waals surface area contributed by atoms with Crippen molar-refractivity contribution in [3.63, 3.8) is 0 Å². The summed E-state index contributed by atoms with van der Waals surface area (Å²) in [6.07, 6.45) is 1.89. The zero-order valence-electron chi connectivity index (χ0n) is 15.7. The van der Waals surface area contributed by atoms with Crippen LogP contribution < -0.4 is 0 Å². The van der Waals surface area contributed by atoms with E-state index in [0.717, 1.165) is 19.3 Å². The molecular formula is C21H28N2O3. The van der Waals surface area contributed by atoms with E-state index in [9.17, 15) is 9.59 Å². The molecular weight excluding hydrogens is 328 g/mol. The molecule has 0 N–H and O–H groups in total. The topological polar surface area (TPSA) is 49.9 Å². The standard InChI is InChI=1S/C21H28N2O3/c1-22(2)12-13-23(14-15-24)21(25)11-17-26-16-10-19-8-5-7-18-6-3-4-9-20(18)19/h3-9,15H,10-14,16-17H2,1-2H3. The summed E-state index contributed by atoms with van der Waals surface area (Å²) in [6.45, 7) is 2.39. The third-order valence-corrected chi connectivity index (χ3v) is 4.32. The van der Waals surface area contributed by atoms with Crippen molar-refractivity contribution in [3.05, 3.63) is 48.0 Å². The van der Waals surface area contributed by atoms with Gasteiger partial charge in [0.1, 0.15) is 6.29 Å². The number of nitrogens with zero attached hydrogens (tertiary/aromatic N) is 2. The van der Waals surface area contributed by atoms with E-state index >= 15 is 0 Å². The van der Waals surface area contributed by atoms with Crippen LogP contribution in [0.1, 0.15) is 12.0 Å². The molecule has 2 aromatic rings. The van der Waals surface area contributed by atoms with E-state index in [0.29, 0.717) is 26.2 Å². The molecule has 5 nitrogen and oxygen atoms in total. The lowest BCUT2D eigenvalue weighted by atomic mass is 10.0. The summed E-state index contributed by atoms with van der Waals surface area (Å²) in [7, 11) is 3.89. The normalized spacial score (nSPS) is 11.0. The van der Waals surface area contributed by atoms with Crippen LogP contribution in [0.3, 0.4) is 0 Å². The fourth-order valence-electron chi connectivity index (χ4n) is 2.84. The number of likely N-dealkylation sites (N-methyl/N-ethyl adjacent to an activating group) is 1. The summed E-state index contributed by atoms with van der Waals surface area (Å²) >= 11 is 0. The average Bonchev–Trinajstić information content (AvgIpc) is 2.64. The summed E-state index contributed by atoms with van der Waals surface area (Å²) in [4.78, 5) is 26.6. The van der Waals surface area contributed by atoms with Crippen LogP contribution in [-0.2, 0) is 20.7 Å². The third kappa shape index (κ3) is 6.24. The number of ether oxygens (including phenoxy) is 1. The van der Waals surface area contributed by atoms with Gasteiger partial charge >= 0.3 is 0 Å². The number of aldehydes is 1. The Morgan fingerprint density at radius 1 is 1.04 bits per heavy atom. The first kappa shape index (κ1) is 20.1. The second kappa shape index (κ2) is 10.7. The number of carbonyl (C=O) groups excluding carboxylic acids is 2. The van der Waals surface area contributed by atoms with Gasteiger partial charge in [-0.3, -0.25) is 4.79 Å². The van der Waals surface area contributed by atoms with Gasteiger partial charge in [-0.05, 0) is 36.9 Å². The molecule has 0 spiro atoms. The van der Waals surface area contributed by atoms with Crippen molar-refractivity contribution in [1.29, 1.82) is 0 Å². The van der Waals surface area contributed by atoms with Crippen LogP contribution in [0.15, 0.2) is 42.5 Å². The number of amides is 1. The first-order chi connectivity index (χ1) is 12.6. The van der Waals surface area contributed by atoms with Gasteiger partial charge in [0.2, 0.25) is 5.91 Å². The van der Waals surface area contributed by atoms with Crippen molar-refractivity contribution in [3.8, 4) is 0 Å². The zero-order valence-corrected chi connectivity index (χ0v) is 15.7. The quantitative estimate of drug-likeness (QED) is 0.458.